The molecular formula is C30H36F3NO3Si. The van der Waals surface area contributed by atoms with E-state index in [1.54, 1.807) is 20.8 Å². The highest BCUT2D eigenvalue weighted by Gasteiger charge is 2.37. The zero-order valence-corrected chi connectivity index (χ0v) is 23.9. The molecule has 0 aliphatic heterocycles. The van der Waals surface area contributed by atoms with Crippen LogP contribution < -0.4 is 15.7 Å². The minimum atomic E-state index is -2.16. The Kier molecular flexibility index (Phi) is 9.43. The Morgan fingerprint density at radius 2 is 1.32 bits per heavy atom. The Hall–Kier alpha value is -3.10. The van der Waals surface area contributed by atoms with Crippen LogP contribution in [0.3, 0.4) is 0 Å². The number of carbonyl (C=O) groups is 1. The number of hydrogen-bond acceptors (Lipinski definition) is 3. The second-order valence-electron chi connectivity index (χ2n) is 11.4. The number of amides is 1. The summed E-state index contributed by atoms with van der Waals surface area (Å²) in [4.78, 5) is 12.9. The normalized spacial score (nSPS) is 13.7. The van der Waals surface area contributed by atoms with Crippen molar-refractivity contribution in [2.45, 2.75) is 53.2 Å². The molecule has 0 heterocycles. The Morgan fingerprint density at radius 3 is 1.74 bits per heavy atom. The van der Waals surface area contributed by atoms with Crippen LogP contribution in [-0.4, -0.2) is 27.3 Å². The molecule has 0 spiro atoms. The quantitative estimate of drug-likeness (QED) is 0.285. The van der Waals surface area contributed by atoms with Crippen LogP contribution in [0.1, 0.15) is 53.1 Å². The highest BCUT2D eigenvalue weighted by Crippen LogP contribution is 2.38. The van der Waals surface area contributed by atoms with Crippen molar-refractivity contribution in [2.75, 3.05) is 6.61 Å². The van der Waals surface area contributed by atoms with Crippen LogP contribution in [0.2, 0.25) is 0 Å². The second kappa shape index (κ2) is 12.2. The molecule has 0 bridgehead atoms. The van der Waals surface area contributed by atoms with Gasteiger partial charge in [-0.15, -0.1) is 0 Å². The predicted octanol–water partition coefficient (Wildman–Crippen LogP) is 5.89. The summed E-state index contributed by atoms with van der Waals surface area (Å²) >= 11 is 0. The Morgan fingerprint density at radius 1 is 0.842 bits per heavy atom. The summed E-state index contributed by atoms with van der Waals surface area (Å²) in [5, 5.41) is 4.93. The van der Waals surface area contributed by atoms with Crippen LogP contribution in [-0.2, 0) is 9.16 Å². The summed E-state index contributed by atoms with van der Waals surface area (Å²) in [6.45, 7) is 11.2. The number of rotatable bonds is 8. The van der Waals surface area contributed by atoms with E-state index in [4.69, 9.17) is 9.16 Å². The third kappa shape index (κ3) is 7.95. The minimum Gasteiger partial charge on any atom is -0.444 e. The molecule has 3 aromatic carbocycles. The van der Waals surface area contributed by atoms with Gasteiger partial charge in [0, 0.05) is 12.5 Å². The van der Waals surface area contributed by atoms with Crippen molar-refractivity contribution in [3.63, 3.8) is 0 Å². The summed E-state index contributed by atoms with van der Waals surface area (Å²) < 4.78 is 54.6. The first-order valence-electron chi connectivity index (χ1n) is 12.6. The molecule has 0 aliphatic carbocycles. The standard InChI is InChI=1S/C30H36F3NO3Si/c1-29(2,3)23(19-36-38(21-13-9-7-10-14-21)22-15-11-8-12-16-22)27(34-28(35)37-30(4,5)6)20-17-24(31)26(33)25(32)18-20/h7-18,23,27,38H,19H2,1-6H3,(H,34,35)/t23-,27-/m0/s1. The third-order valence-electron chi connectivity index (χ3n) is 6.20. The maximum atomic E-state index is 14.3. The summed E-state index contributed by atoms with van der Waals surface area (Å²) in [6.07, 6.45) is -0.748. The van der Waals surface area contributed by atoms with Gasteiger partial charge in [0.05, 0.1) is 6.04 Å². The Balaban J connectivity index is 2.02. The predicted molar refractivity (Wildman–Crippen MR) is 147 cm³/mol. The average Bonchev–Trinajstić information content (AvgIpc) is 2.83. The molecule has 4 nitrogen and oxygen atoms in total. The van der Waals surface area contributed by atoms with E-state index in [-0.39, 0.29) is 12.2 Å². The van der Waals surface area contributed by atoms with E-state index in [1.807, 2.05) is 81.4 Å². The highest BCUT2D eigenvalue weighted by molar-refractivity contribution is 6.80. The van der Waals surface area contributed by atoms with E-state index in [0.717, 1.165) is 22.5 Å². The molecule has 3 aromatic rings. The van der Waals surface area contributed by atoms with E-state index in [9.17, 15) is 18.0 Å². The van der Waals surface area contributed by atoms with Gasteiger partial charge in [-0.1, -0.05) is 81.4 Å². The van der Waals surface area contributed by atoms with Gasteiger partial charge in [0.25, 0.3) is 0 Å². The topological polar surface area (TPSA) is 47.6 Å². The van der Waals surface area contributed by atoms with Crippen molar-refractivity contribution >= 4 is 25.5 Å². The molecule has 0 aliphatic rings. The molecule has 204 valence electrons. The first-order valence-corrected chi connectivity index (χ1v) is 14.2. The van der Waals surface area contributed by atoms with E-state index < -0.39 is 55.6 Å². The molecule has 1 amide bonds. The molecule has 1 N–H and O–H groups in total. The van der Waals surface area contributed by atoms with Crippen molar-refractivity contribution in [1.82, 2.24) is 5.32 Å². The molecule has 38 heavy (non-hydrogen) atoms. The lowest BCUT2D eigenvalue weighted by molar-refractivity contribution is 0.0411. The van der Waals surface area contributed by atoms with Gasteiger partial charge in [-0.3, -0.25) is 0 Å². The van der Waals surface area contributed by atoms with Crippen LogP contribution in [0.25, 0.3) is 0 Å². The summed E-state index contributed by atoms with van der Waals surface area (Å²) in [5.74, 6) is -4.67. The number of carbonyl (C=O) groups excluding carboxylic acids is 1. The number of alkyl carbamates (subject to hydrolysis) is 1. The lowest BCUT2D eigenvalue weighted by Crippen LogP contribution is -2.48. The Bertz CT molecular complexity index is 1150. The largest absolute Gasteiger partial charge is 0.444 e. The molecule has 0 unspecified atom stereocenters. The molecule has 0 saturated carbocycles. The van der Waals surface area contributed by atoms with Crippen molar-refractivity contribution < 1.29 is 27.1 Å². The van der Waals surface area contributed by atoms with Crippen molar-refractivity contribution in [2.24, 2.45) is 11.3 Å². The van der Waals surface area contributed by atoms with Gasteiger partial charge < -0.3 is 14.5 Å². The molecule has 0 saturated heterocycles. The molecule has 0 radical (unpaired) electrons. The highest BCUT2D eigenvalue weighted by atomic mass is 28.3. The number of ether oxygens (including phenoxy) is 1. The summed E-state index contributed by atoms with van der Waals surface area (Å²) in [5.41, 5.74) is -1.19. The zero-order chi connectivity index (χ0) is 28.1. The van der Waals surface area contributed by atoms with Crippen LogP contribution in [0, 0.1) is 28.8 Å². The van der Waals surface area contributed by atoms with Gasteiger partial charge in [-0.05, 0) is 54.3 Å². The van der Waals surface area contributed by atoms with Crippen molar-refractivity contribution in [3.05, 3.63) is 95.8 Å². The molecule has 3 rings (SSSR count). The fraction of sp³-hybridized carbons (Fsp3) is 0.367. The number of nitrogens with one attached hydrogen (secondary N) is 1. The third-order valence-corrected chi connectivity index (χ3v) is 8.71. The van der Waals surface area contributed by atoms with E-state index in [0.29, 0.717) is 0 Å². The molecular weight excluding hydrogens is 507 g/mol. The fourth-order valence-electron chi connectivity index (χ4n) is 4.29. The molecule has 0 aromatic heterocycles. The lowest BCUT2D eigenvalue weighted by Gasteiger charge is -2.39. The van der Waals surface area contributed by atoms with Gasteiger partial charge in [-0.2, -0.15) is 0 Å². The van der Waals surface area contributed by atoms with Crippen LogP contribution in [0.5, 0.6) is 0 Å². The van der Waals surface area contributed by atoms with E-state index in [2.05, 4.69) is 5.32 Å². The maximum absolute atomic E-state index is 14.3. The zero-order valence-electron chi connectivity index (χ0n) is 22.7. The number of benzene rings is 3. The van der Waals surface area contributed by atoms with E-state index >= 15 is 0 Å². The second-order valence-corrected chi connectivity index (χ2v) is 13.9. The SMILES string of the molecule is CC(C)(C)OC(=O)N[C@@H](c1cc(F)c(F)c(F)c1)[C@H](CO[SiH](c1ccccc1)c1ccccc1)C(C)(C)C. The van der Waals surface area contributed by atoms with Crippen molar-refractivity contribution in [3.8, 4) is 0 Å². The van der Waals surface area contributed by atoms with Gasteiger partial charge in [0.1, 0.15) is 5.60 Å². The van der Waals surface area contributed by atoms with Crippen molar-refractivity contribution in [1.29, 1.82) is 0 Å². The average molecular weight is 544 g/mol. The van der Waals surface area contributed by atoms with Gasteiger partial charge >= 0.3 is 6.09 Å². The molecule has 2 atom stereocenters. The fourth-order valence-corrected chi connectivity index (χ4v) is 6.61. The number of halogens is 3. The van der Waals surface area contributed by atoms with Gasteiger partial charge in [0.2, 0.25) is 9.04 Å². The minimum absolute atomic E-state index is 0.0911. The Labute approximate surface area is 224 Å². The van der Waals surface area contributed by atoms with Crippen LogP contribution in [0.15, 0.2) is 72.8 Å². The first kappa shape index (κ1) is 29.5. The summed E-state index contributed by atoms with van der Waals surface area (Å²) in [6, 6.07) is 20.7. The van der Waals surface area contributed by atoms with E-state index in [1.165, 1.54) is 0 Å². The monoisotopic (exact) mass is 543 g/mol. The van der Waals surface area contributed by atoms with Gasteiger partial charge in [0.15, 0.2) is 17.5 Å². The van der Waals surface area contributed by atoms with Crippen LogP contribution >= 0.6 is 0 Å². The van der Waals surface area contributed by atoms with Gasteiger partial charge in [-0.25, -0.2) is 18.0 Å². The van der Waals surface area contributed by atoms with Crippen LogP contribution in [0.4, 0.5) is 18.0 Å². The first-order chi connectivity index (χ1) is 17.8. The molecule has 0 fully saturated rings. The lowest BCUT2D eigenvalue weighted by atomic mass is 9.74. The summed E-state index contributed by atoms with van der Waals surface area (Å²) in [7, 11) is -2.16. The number of hydrogen-bond donors (Lipinski definition) is 1. The molecule has 8 heteroatoms. The smallest absolute Gasteiger partial charge is 0.408 e. The maximum Gasteiger partial charge on any atom is 0.408 e.